The smallest absolute Gasteiger partial charge is 0.272 e. The normalized spacial score (nSPS) is 16.6. The first-order valence-electron chi connectivity index (χ1n) is 8.90. The molecule has 0 aliphatic heterocycles. The third-order valence-electron chi connectivity index (χ3n) is 4.77. The highest BCUT2D eigenvalue weighted by Crippen LogP contribution is 2.22. The summed E-state index contributed by atoms with van der Waals surface area (Å²) in [5.41, 5.74) is 3.23. The molecule has 3 rings (SSSR count). The van der Waals surface area contributed by atoms with Crippen molar-refractivity contribution in [2.75, 3.05) is 6.61 Å². The number of amides is 1. The van der Waals surface area contributed by atoms with Crippen LogP contribution in [-0.2, 0) is 12.8 Å². The molecule has 1 aliphatic rings. The van der Waals surface area contributed by atoms with Gasteiger partial charge in [0.15, 0.2) is 5.69 Å². The fourth-order valence-corrected chi connectivity index (χ4v) is 3.36. The molecule has 1 aromatic carbocycles. The number of aliphatic hydroxyl groups excluding tert-OH is 2. The summed E-state index contributed by atoms with van der Waals surface area (Å²) in [5.74, 6) is -0.293. The van der Waals surface area contributed by atoms with Crippen LogP contribution < -0.4 is 5.32 Å². The van der Waals surface area contributed by atoms with Crippen LogP contribution in [0.3, 0.4) is 0 Å². The Balaban J connectivity index is 1.65. The molecule has 1 heterocycles. The lowest BCUT2D eigenvalue weighted by Gasteiger charge is -2.20. The van der Waals surface area contributed by atoms with Crippen LogP contribution in [0.5, 0.6) is 0 Å². The van der Waals surface area contributed by atoms with Gasteiger partial charge in [-0.25, -0.2) is 0 Å². The molecule has 25 heavy (non-hydrogen) atoms. The van der Waals surface area contributed by atoms with Crippen LogP contribution in [0.2, 0.25) is 0 Å². The summed E-state index contributed by atoms with van der Waals surface area (Å²) >= 11 is 0. The molecule has 6 heteroatoms. The lowest BCUT2D eigenvalue weighted by Crippen LogP contribution is -2.39. The van der Waals surface area contributed by atoms with E-state index in [-0.39, 0.29) is 18.9 Å². The predicted octanol–water partition coefficient (Wildman–Crippen LogP) is 1.89. The van der Waals surface area contributed by atoms with E-state index >= 15 is 0 Å². The van der Waals surface area contributed by atoms with Gasteiger partial charge in [0.1, 0.15) is 0 Å². The van der Waals surface area contributed by atoms with Crippen LogP contribution in [0.25, 0.3) is 0 Å². The molecule has 0 bridgehead atoms. The van der Waals surface area contributed by atoms with E-state index in [1.807, 2.05) is 30.3 Å². The van der Waals surface area contributed by atoms with Crippen LogP contribution in [0, 0.1) is 0 Å². The first-order chi connectivity index (χ1) is 12.2. The predicted molar refractivity (Wildman–Crippen MR) is 94.2 cm³/mol. The lowest BCUT2D eigenvalue weighted by atomic mass is 10.0. The second kappa shape index (κ2) is 8.27. The molecule has 0 radical (unpaired) electrons. The van der Waals surface area contributed by atoms with Gasteiger partial charge in [0.2, 0.25) is 0 Å². The van der Waals surface area contributed by atoms with E-state index in [1.165, 1.54) is 0 Å². The van der Waals surface area contributed by atoms with Crippen LogP contribution in [0.15, 0.2) is 30.3 Å². The molecule has 134 valence electrons. The molecule has 0 saturated carbocycles. The van der Waals surface area contributed by atoms with E-state index in [4.69, 9.17) is 0 Å². The van der Waals surface area contributed by atoms with Crippen molar-refractivity contribution in [3.05, 3.63) is 52.8 Å². The SMILES string of the molecule is O=C(N[C@@H](CO)C[C@@H](O)c1ccccc1)c1n[nH]c2c1CCCCC2. The van der Waals surface area contributed by atoms with E-state index < -0.39 is 12.1 Å². The number of nitrogens with zero attached hydrogens (tertiary/aromatic N) is 1. The summed E-state index contributed by atoms with van der Waals surface area (Å²) in [4.78, 5) is 12.6. The fourth-order valence-electron chi connectivity index (χ4n) is 3.36. The van der Waals surface area contributed by atoms with Crippen molar-refractivity contribution in [3.8, 4) is 0 Å². The molecule has 1 amide bonds. The van der Waals surface area contributed by atoms with E-state index in [0.29, 0.717) is 5.69 Å². The maximum absolute atomic E-state index is 12.6. The van der Waals surface area contributed by atoms with E-state index in [1.54, 1.807) is 0 Å². The monoisotopic (exact) mass is 343 g/mol. The highest BCUT2D eigenvalue weighted by Gasteiger charge is 2.24. The molecule has 0 fully saturated rings. The first-order valence-corrected chi connectivity index (χ1v) is 8.90. The Morgan fingerprint density at radius 1 is 1.20 bits per heavy atom. The van der Waals surface area contributed by atoms with Gasteiger partial charge < -0.3 is 15.5 Å². The molecule has 1 aromatic heterocycles. The van der Waals surface area contributed by atoms with Crippen molar-refractivity contribution < 1.29 is 15.0 Å². The molecule has 2 aromatic rings. The molecule has 0 spiro atoms. The average molecular weight is 343 g/mol. The summed E-state index contributed by atoms with van der Waals surface area (Å²) < 4.78 is 0. The quantitative estimate of drug-likeness (QED) is 0.602. The number of nitrogens with one attached hydrogen (secondary N) is 2. The van der Waals surface area contributed by atoms with Gasteiger partial charge in [-0.2, -0.15) is 5.10 Å². The Morgan fingerprint density at radius 3 is 2.72 bits per heavy atom. The van der Waals surface area contributed by atoms with E-state index in [9.17, 15) is 15.0 Å². The number of hydrogen-bond donors (Lipinski definition) is 4. The van der Waals surface area contributed by atoms with Crippen molar-refractivity contribution >= 4 is 5.91 Å². The molecule has 0 unspecified atom stereocenters. The van der Waals surface area contributed by atoms with E-state index in [2.05, 4.69) is 15.5 Å². The zero-order valence-electron chi connectivity index (χ0n) is 14.2. The first kappa shape index (κ1) is 17.6. The second-order valence-corrected chi connectivity index (χ2v) is 6.61. The van der Waals surface area contributed by atoms with Crippen molar-refractivity contribution in [1.82, 2.24) is 15.5 Å². The third-order valence-corrected chi connectivity index (χ3v) is 4.77. The Morgan fingerprint density at radius 2 is 1.96 bits per heavy atom. The maximum Gasteiger partial charge on any atom is 0.272 e. The Bertz CT molecular complexity index is 699. The van der Waals surface area contributed by atoms with Gasteiger partial charge in [-0.05, 0) is 37.7 Å². The largest absolute Gasteiger partial charge is 0.394 e. The molecule has 0 saturated heterocycles. The topological polar surface area (TPSA) is 98.2 Å². The van der Waals surface area contributed by atoms with E-state index in [0.717, 1.165) is 48.9 Å². The van der Waals surface area contributed by atoms with Crippen LogP contribution in [0.4, 0.5) is 0 Å². The Labute approximate surface area is 147 Å². The zero-order valence-corrected chi connectivity index (χ0v) is 14.2. The average Bonchev–Trinajstić information content (AvgIpc) is 2.90. The highest BCUT2D eigenvalue weighted by molar-refractivity contribution is 5.94. The zero-order chi connectivity index (χ0) is 17.6. The summed E-state index contributed by atoms with van der Waals surface area (Å²) in [6, 6.07) is 8.71. The van der Waals surface area contributed by atoms with Crippen molar-refractivity contribution in [3.63, 3.8) is 0 Å². The van der Waals surface area contributed by atoms with Crippen molar-refractivity contribution in [2.24, 2.45) is 0 Å². The van der Waals surface area contributed by atoms with Gasteiger partial charge in [-0.1, -0.05) is 36.8 Å². The third kappa shape index (κ3) is 4.27. The number of aryl methyl sites for hydroxylation is 1. The molecule has 6 nitrogen and oxygen atoms in total. The Kier molecular flexibility index (Phi) is 5.83. The number of rotatable bonds is 6. The minimum absolute atomic E-state index is 0.234. The number of fused-ring (bicyclic) bond motifs is 1. The second-order valence-electron chi connectivity index (χ2n) is 6.61. The van der Waals surface area contributed by atoms with Gasteiger partial charge in [-0.15, -0.1) is 0 Å². The number of carbonyl (C=O) groups excluding carboxylic acids is 1. The number of aliphatic hydroxyl groups is 2. The number of H-pyrrole nitrogens is 1. The van der Waals surface area contributed by atoms with Crippen LogP contribution >= 0.6 is 0 Å². The highest BCUT2D eigenvalue weighted by atomic mass is 16.3. The van der Waals surface area contributed by atoms with Crippen molar-refractivity contribution in [1.29, 1.82) is 0 Å². The number of benzene rings is 1. The molecular formula is C19H25N3O3. The molecule has 4 N–H and O–H groups in total. The summed E-state index contributed by atoms with van der Waals surface area (Å²) in [6.07, 6.45) is 4.61. The van der Waals surface area contributed by atoms with Gasteiger partial charge >= 0.3 is 0 Å². The lowest BCUT2D eigenvalue weighted by molar-refractivity contribution is 0.0860. The minimum Gasteiger partial charge on any atom is -0.394 e. The van der Waals surface area contributed by atoms with Gasteiger partial charge in [0.25, 0.3) is 5.91 Å². The maximum atomic E-state index is 12.6. The van der Waals surface area contributed by atoms with Crippen molar-refractivity contribution in [2.45, 2.75) is 50.7 Å². The number of aromatic nitrogens is 2. The summed E-state index contributed by atoms with van der Waals surface area (Å²) in [7, 11) is 0. The van der Waals surface area contributed by atoms with Gasteiger partial charge in [0, 0.05) is 11.3 Å². The number of hydrogen-bond acceptors (Lipinski definition) is 4. The number of carbonyl (C=O) groups is 1. The van der Waals surface area contributed by atoms with Gasteiger partial charge in [0.05, 0.1) is 18.8 Å². The Hall–Kier alpha value is -2.18. The minimum atomic E-state index is -0.741. The van der Waals surface area contributed by atoms with Crippen LogP contribution in [0.1, 0.15) is 59.1 Å². The molecule has 2 atom stereocenters. The molecule has 1 aliphatic carbocycles. The fraction of sp³-hybridized carbons (Fsp3) is 0.474. The summed E-state index contributed by atoms with van der Waals surface area (Å²) in [6.45, 7) is -0.234. The van der Waals surface area contributed by atoms with Gasteiger partial charge in [-0.3, -0.25) is 9.89 Å². The molecular weight excluding hydrogens is 318 g/mol. The van der Waals surface area contributed by atoms with Crippen LogP contribution in [-0.4, -0.2) is 39.0 Å². The number of aromatic amines is 1. The summed E-state index contributed by atoms with van der Waals surface area (Å²) in [5, 5.41) is 29.9. The standard InChI is InChI=1S/C19H25N3O3/c23-12-14(11-17(24)13-7-3-1-4-8-13)20-19(25)18-15-9-5-2-6-10-16(15)21-22-18/h1,3-4,7-8,14,17,23-24H,2,5-6,9-12H2,(H,20,25)(H,21,22)/t14-,17-/m1/s1.